The summed E-state index contributed by atoms with van der Waals surface area (Å²) in [5.41, 5.74) is 9.04. The maximum atomic E-state index is 11.7. The number of ether oxygens (including phenoxy) is 4. The normalized spacial score (nSPS) is 22.5. The van der Waals surface area contributed by atoms with Crippen molar-refractivity contribution in [3.8, 4) is 39.9 Å². The minimum Gasteiger partial charge on any atom is -0.507 e. The first-order valence-corrected chi connectivity index (χ1v) is 23.8. The zero-order valence-corrected chi connectivity index (χ0v) is 39.3. The summed E-state index contributed by atoms with van der Waals surface area (Å²) < 4.78 is 27.3. The summed E-state index contributed by atoms with van der Waals surface area (Å²) in [5.74, 6) is 2.01. The number of aliphatic hydroxyl groups excluding tert-OH is 2. The number of fused-ring (bicyclic) bond motifs is 8. The van der Waals surface area contributed by atoms with Crippen molar-refractivity contribution in [2.75, 3.05) is 66.9 Å². The van der Waals surface area contributed by atoms with Crippen molar-refractivity contribution >= 4 is 17.0 Å². The molecular formula is C53H67N5O9. The highest BCUT2D eigenvalue weighted by atomic mass is 16.6. The van der Waals surface area contributed by atoms with Gasteiger partial charge in [-0.05, 0) is 140 Å². The highest BCUT2D eigenvalue weighted by Crippen LogP contribution is 2.61. The van der Waals surface area contributed by atoms with E-state index in [-0.39, 0.29) is 55.6 Å². The first kappa shape index (κ1) is 46.9. The molecule has 0 radical (unpaired) electrons. The van der Waals surface area contributed by atoms with E-state index in [1.54, 1.807) is 18.2 Å². The van der Waals surface area contributed by atoms with E-state index in [2.05, 4.69) is 70.4 Å². The van der Waals surface area contributed by atoms with Crippen LogP contribution in [0.3, 0.4) is 0 Å². The number of nitrogens with one attached hydrogen (secondary N) is 5. The Bertz CT molecular complexity index is 2630. The first-order chi connectivity index (χ1) is 32.4. The standard InChI is InChI=1S/C53H67N5O9/c1-30(2)22-52(3,63)26-56-28-57-27-53(65-29-55-5)23-41-38-21-40-46(32-6-11-42-31(18-32)14-15-58-42)34(24-54-4)19-39-43(61)13-10-36(47(39)40)48(38)50-37(9-8-35(25-60)66-50)49(41)67-51(53)33-7-12-44(62)45(20-33)64-17-16-59/h6-7,10-15,18-20,30,35,40,46,51,54-63H,8-9,16-17,21-29H2,1-5H3. The van der Waals surface area contributed by atoms with Crippen LogP contribution in [0.25, 0.3) is 28.1 Å². The summed E-state index contributed by atoms with van der Waals surface area (Å²) in [7, 11) is 3.80. The smallest absolute Gasteiger partial charge is 0.161 e. The number of hydrogen-bond donors (Lipinski definition) is 10. The molecule has 358 valence electrons. The number of aromatic hydroxyl groups is 2. The average molecular weight is 918 g/mol. The maximum absolute atomic E-state index is 11.7. The molecule has 4 aliphatic rings. The molecule has 0 bridgehead atoms. The molecular weight excluding hydrogens is 851 g/mol. The van der Waals surface area contributed by atoms with Crippen LogP contribution in [-0.4, -0.2) is 115 Å². The van der Waals surface area contributed by atoms with E-state index < -0.39 is 23.4 Å². The molecule has 6 unspecified atom stereocenters. The van der Waals surface area contributed by atoms with Crippen LogP contribution >= 0.6 is 0 Å². The summed E-state index contributed by atoms with van der Waals surface area (Å²) >= 11 is 0. The molecule has 4 aromatic carbocycles. The predicted molar refractivity (Wildman–Crippen MR) is 259 cm³/mol. The lowest BCUT2D eigenvalue weighted by atomic mass is 9.62. The van der Waals surface area contributed by atoms with Crippen molar-refractivity contribution in [2.24, 2.45) is 5.92 Å². The second-order valence-electron chi connectivity index (χ2n) is 19.6. The summed E-state index contributed by atoms with van der Waals surface area (Å²) in [4.78, 5) is 3.35. The number of H-pyrrole nitrogens is 1. The number of phenols is 2. The molecule has 10 N–H and O–H groups in total. The van der Waals surface area contributed by atoms with E-state index in [0.717, 1.165) is 55.6 Å². The van der Waals surface area contributed by atoms with Crippen LogP contribution < -0.4 is 35.5 Å². The zero-order chi connectivity index (χ0) is 47.0. The molecule has 14 heteroatoms. The monoisotopic (exact) mass is 917 g/mol. The molecule has 2 aliphatic heterocycles. The molecule has 0 fully saturated rings. The van der Waals surface area contributed by atoms with Crippen LogP contribution in [-0.2, 0) is 24.0 Å². The van der Waals surface area contributed by atoms with Crippen LogP contribution in [0.5, 0.6) is 28.7 Å². The van der Waals surface area contributed by atoms with Crippen molar-refractivity contribution in [1.29, 1.82) is 0 Å². The van der Waals surface area contributed by atoms with Gasteiger partial charge in [0.15, 0.2) is 17.6 Å². The van der Waals surface area contributed by atoms with Gasteiger partial charge < -0.3 is 65.4 Å². The fourth-order valence-electron chi connectivity index (χ4n) is 11.5. The summed E-state index contributed by atoms with van der Waals surface area (Å²) in [5, 5.41) is 68.8. The van der Waals surface area contributed by atoms with Crippen LogP contribution in [0.1, 0.15) is 90.5 Å². The van der Waals surface area contributed by atoms with Gasteiger partial charge in [-0.3, -0.25) is 5.32 Å². The molecule has 0 amide bonds. The number of rotatable bonds is 19. The lowest BCUT2D eigenvalue weighted by Crippen LogP contribution is -2.56. The van der Waals surface area contributed by atoms with Crippen LogP contribution in [0.15, 0.2) is 66.4 Å². The number of phenolic OH excluding ortho intramolecular Hbond substituents is 2. The SMILES string of the molecule is CNCOC1(CNCNCC(C)(O)CC(C)C)Cc2c3c(c4c(c2OC1c1ccc(O)c(OCCO)c1)CCC(CO)O4)-c1ccc(O)c2c1C(C3)C(c1ccc3[nH]ccc3c1)C(CNC)=C2. The minimum absolute atomic E-state index is 0.00300. The Morgan fingerprint density at radius 2 is 1.75 bits per heavy atom. The van der Waals surface area contributed by atoms with E-state index >= 15 is 0 Å². The molecule has 3 heterocycles. The van der Waals surface area contributed by atoms with E-state index in [9.17, 15) is 25.5 Å². The molecule has 0 saturated carbocycles. The topological polar surface area (TPSA) is 202 Å². The van der Waals surface area contributed by atoms with E-state index in [4.69, 9.17) is 18.9 Å². The molecule has 0 saturated heterocycles. The Kier molecular flexibility index (Phi) is 13.6. The zero-order valence-electron chi connectivity index (χ0n) is 39.3. The molecule has 5 aromatic rings. The highest BCUT2D eigenvalue weighted by molar-refractivity contribution is 5.90. The number of aliphatic hydroxyl groups is 3. The molecule has 1 aromatic heterocycles. The number of hydrogen-bond acceptors (Lipinski definition) is 13. The van der Waals surface area contributed by atoms with Crippen molar-refractivity contribution in [3.63, 3.8) is 0 Å². The number of aromatic amines is 1. The fraction of sp³-hybridized carbons (Fsp3) is 0.472. The fourth-order valence-corrected chi connectivity index (χ4v) is 11.5. The first-order valence-electron chi connectivity index (χ1n) is 23.8. The van der Waals surface area contributed by atoms with Gasteiger partial charge in [-0.15, -0.1) is 0 Å². The second-order valence-corrected chi connectivity index (χ2v) is 19.6. The van der Waals surface area contributed by atoms with Gasteiger partial charge in [0.1, 0.15) is 35.6 Å². The van der Waals surface area contributed by atoms with Crippen molar-refractivity contribution < 1.29 is 44.5 Å². The number of aromatic nitrogens is 1. The van der Waals surface area contributed by atoms with Crippen LogP contribution in [0.4, 0.5) is 0 Å². The minimum atomic E-state index is -1.06. The van der Waals surface area contributed by atoms with Crippen molar-refractivity contribution in [1.82, 2.24) is 26.3 Å². The van der Waals surface area contributed by atoms with Crippen LogP contribution in [0, 0.1) is 5.92 Å². The van der Waals surface area contributed by atoms with E-state index in [0.29, 0.717) is 75.6 Å². The van der Waals surface area contributed by atoms with Gasteiger partial charge >= 0.3 is 0 Å². The lowest BCUT2D eigenvalue weighted by Gasteiger charge is -2.48. The van der Waals surface area contributed by atoms with Gasteiger partial charge in [-0.1, -0.05) is 32.0 Å². The molecule has 0 spiro atoms. The predicted octanol–water partition coefficient (Wildman–Crippen LogP) is 5.89. The van der Waals surface area contributed by atoms with E-state index in [1.165, 1.54) is 11.1 Å². The second kappa shape index (κ2) is 19.4. The molecule has 14 nitrogen and oxygen atoms in total. The Hall–Kier alpha value is -5.16. The molecule has 9 rings (SSSR count). The van der Waals surface area contributed by atoms with Crippen molar-refractivity contribution in [2.45, 2.75) is 88.1 Å². The average Bonchev–Trinajstić information content (AvgIpc) is 3.79. The quantitative estimate of drug-likeness (QED) is 0.0348. The summed E-state index contributed by atoms with van der Waals surface area (Å²) in [6, 6.07) is 17.7. The van der Waals surface area contributed by atoms with Gasteiger partial charge in [-0.25, -0.2) is 0 Å². The van der Waals surface area contributed by atoms with Crippen LogP contribution in [0.2, 0.25) is 0 Å². The van der Waals surface area contributed by atoms with Gasteiger partial charge in [0, 0.05) is 72.6 Å². The largest absolute Gasteiger partial charge is 0.507 e. The molecule has 6 atom stereocenters. The Labute approximate surface area is 392 Å². The molecule has 67 heavy (non-hydrogen) atoms. The third-order valence-corrected chi connectivity index (χ3v) is 14.1. The van der Waals surface area contributed by atoms with Gasteiger partial charge in [0.2, 0.25) is 0 Å². The lowest BCUT2D eigenvalue weighted by molar-refractivity contribution is -0.129. The number of likely N-dealkylation sites (N-methyl/N-ethyl adjacent to an activating group) is 1. The van der Waals surface area contributed by atoms with Crippen molar-refractivity contribution in [3.05, 3.63) is 105 Å². The third kappa shape index (κ3) is 9.02. The Balaban J connectivity index is 1.23. The van der Waals surface area contributed by atoms with Gasteiger partial charge in [0.25, 0.3) is 0 Å². The summed E-state index contributed by atoms with van der Waals surface area (Å²) in [6.07, 6.45) is 5.85. The maximum Gasteiger partial charge on any atom is 0.161 e. The number of benzene rings is 4. The van der Waals surface area contributed by atoms with Gasteiger partial charge in [0.05, 0.1) is 25.5 Å². The summed E-state index contributed by atoms with van der Waals surface area (Å²) in [6.45, 7) is 7.62. The van der Waals surface area contributed by atoms with Gasteiger partial charge in [-0.2, -0.15) is 0 Å². The highest BCUT2D eigenvalue weighted by Gasteiger charge is 2.51. The van der Waals surface area contributed by atoms with E-state index in [1.807, 2.05) is 39.3 Å². The Morgan fingerprint density at radius 1 is 0.925 bits per heavy atom. The molecule has 2 aliphatic carbocycles. The Morgan fingerprint density at radius 3 is 2.52 bits per heavy atom. The third-order valence-electron chi connectivity index (χ3n) is 14.1.